The zero-order valence-electron chi connectivity index (χ0n) is 10.7. The third kappa shape index (κ3) is 8.56. The van der Waals surface area contributed by atoms with E-state index in [-0.39, 0.29) is 0 Å². The summed E-state index contributed by atoms with van der Waals surface area (Å²) < 4.78 is 9.79. The van der Waals surface area contributed by atoms with Crippen molar-refractivity contribution in [3.8, 4) is 0 Å². The van der Waals surface area contributed by atoms with Crippen LogP contribution in [0.2, 0.25) is 0 Å². The van der Waals surface area contributed by atoms with Crippen LogP contribution >= 0.6 is 0 Å². The van der Waals surface area contributed by atoms with E-state index < -0.39 is 11.9 Å². The molecule has 0 heterocycles. The minimum Gasteiger partial charge on any atom is -0.463 e. The van der Waals surface area contributed by atoms with Crippen molar-refractivity contribution in [1.82, 2.24) is 0 Å². The van der Waals surface area contributed by atoms with Crippen molar-refractivity contribution in [3.05, 3.63) is 38.2 Å². The topological polar surface area (TPSA) is 52.6 Å². The van der Waals surface area contributed by atoms with Gasteiger partial charge in [0, 0.05) is 12.2 Å². The molecular formula is C14H20O4. The van der Waals surface area contributed by atoms with Crippen LogP contribution < -0.4 is 0 Å². The quantitative estimate of drug-likeness (QED) is 0.442. The summed E-state index contributed by atoms with van der Waals surface area (Å²) in [7, 11) is 0. The number of carbonyl (C=O) groups excluding carboxylic acids is 2. The smallest absolute Gasteiger partial charge is 0.330 e. The van der Waals surface area contributed by atoms with Gasteiger partial charge in [-0.2, -0.15) is 0 Å². The molecule has 0 saturated carbocycles. The first-order valence-electron chi connectivity index (χ1n) is 5.85. The van der Waals surface area contributed by atoms with Gasteiger partial charge in [-0.3, -0.25) is 0 Å². The Kier molecular flexibility index (Phi) is 9.64. The maximum absolute atomic E-state index is 10.9. The van der Waals surface area contributed by atoms with Gasteiger partial charge >= 0.3 is 11.9 Å². The predicted octanol–water partition coefficient (Wildman–Crippen LogP) is 2.41. The molecule has 0 atom stereocenters. The maximum atomic E-state index is 10.9. The molecule has 18 heavy (non-hydrogen) atoms. The number of carbonyl (C=O) groups is 2. The predicted molar refractivity (Wildman–Crippen MR) is 69.4 cm³/mol. The van der Waals surface area contributed by atoms with Gasteiger partial charge in [-0.15, -0.1) is 0 Å². The Hall–Kier alpha value is -1.58. The summed E-state index contributed by atoms with van der Waals surface area (Å²) in [5.41, 5.74) is 0. The summed E-state index contributed by atoms with van der Waals surface area (Å²) >= 11 is 0. The lowest BCUT2D eigenvalue weighted by Crippen LogP contribution is -2.10. The van der Waals surface area contributed by atoms with E-state index in [2.05, 4.69) is 20.1 Å². The first kappa shape index (κ1) is 16.4. The summed E-state index contributed by atoms with van der Waals surface area (Å²) in [5.74, 6) is 0.308. The van der Waals surface area contributed by atoms with E-state index in [9.17, 15) is 9.59 Å². The second-order valence-corrected chi connectivity index (χ2v) is 3.60. The van der Waals surface area contributed by atoms with Crippen molar-refractivity contribution in [3.63, 3.8) is 0 Å². The van der Waals surface area contributed by atoms with Crippen molar-refractivity contribution >= 4 is 11.9 Å². The number of rotatable bonds is 10. The van der Waals surface area contributed by atoms with Gasteiger partial charge in [0.15, 0.2) is 0 Å². The Morgan fingerprint density at radius 3 is 1.67 bits per heavy atom. The van der Waals surface area contributed by atoms with Crippen molar-refractivity contribution in [2.75, 3.05) is 13.2 Å². The van der Waals surface area contributed by atoms with Gasteiger partial charge in [0.1, 0.15) is 0 Å². The van der Waals surface area contributed by atoms with E-state index in [0.717, 1.165) is 25.0 Å². The number of hydrogen-bond acceptors (Lipinski definition) is 4. The number of hydrogen-bond donors (Lipinski definition) is 0. The van der Waals surface area contributed by atoms with E-state index >= 15 is 0 Å². The van der Waals surface area contributed by atoms with Crippen LogP contribution in [-0.2, 0) is 19.1 Å². The third-order valence-electron chi connectivity index (χ3n) is 2.26. The second-order valence-electron chi connectivity index (χ2n) is 3.60. The molecule has 0 N–H and O–H groups in total. The highest BCUT2D eigenvalue weighted by Gasteiger charge is 2.10. The Morgan fingerprint density at radius 1 is 0.889 bits per heavy atom. The average Bonchev–Trinajstić information content (AvgIpc) is 2.38. The van der Waals surface area contributed by atoms with Gasteiger partial charge in [0.25, 0.3) is 0 Å². The maximum Gasteiger partial charge on any atom is 0.330 e. The van der Waals surface area contributed by atoms with E-state index in [1.54, 1.807) is 0 Å². The zero-order chi connectivity index (χ0) is 13.8. The first-order valence-corrected chi connectivity index (χ1v) is 5.85. The molecule has 0 bridgehead atoms. The van der Waals surface area contributed by atoms with Crippen LogP contribution in [0.25, 0.3) is 0 Å². The average molecular weight is 252 g/mol. The lowest BCUT2D eigenvalue weighted by Gasteiger charge is -2.14. The van der Waals surface area contributed by atoms with Crippen LogP contribution in [0.15, 0.2) is 25.3 Å². The van der Waals surface area contributed by atoms with Crippen LogP contribution in [0.4, 0.5) is 0 Å². The molecule has 0 aliphatic rings. The normalized spacial score (nSPS) is 9.89. The molecule has 4 nitrogen and oxygen atoms in total. The molecular weight excluding hydrogens is 232 g/mol. The van der Waals surface area contributed by atoms with Gasteiger partial charge in [-0.25, -0.2) is 9.59 Å². The Morgan fingerprint density at radius 2 is 1.33 bits per heavy atom. The summed E-state index contributed by atoms with van der Waals surface area (Å²) in [6.07, 6.45) is 5.17. The highest BCUT2D eigenvalue weighted by atomic mass is 16.5. The molecule has 0 saturated heterocycles. The molecule has 0 unspecified atom stereocenters. The van der Waals surface area contributed by atoms with E-state index in [4.69, 9.17) is 9.47 Å². The fourth-order valence-corrected chi connectivity index (χ4v) is 1.33. The lowest BCUT2D eigenvalue weighted by atomic mass is 9.97. The molecule has 100 valence electrons. The highest BCUT2D eigenvalue weighted by molar-refractivity contribution is 5.81. The molecule has 0 aromatic rings. The van der Waals surface area contributed by atoms with Gasteiger partial charge < -0.3 is 9.47 Å². The molecule has 0 rings (SSSR count). The summed E-state index contributed by atoms with van der Waals surface area (Å²) in [5, 5.41) is 0. The van der Waals surface area contributed by atoms with Crippen LogP contribution in [0.3, 0.4) is 0 Å². The van der Waals surface area contributed by atoms with Crippen molar-refractivity contribution < 1.29 is 19.1 Å². The fraction of sp³-hybridized carbons (Fsp3) is 0.429. The van der Waals surface area contributed by atoms with E-state index in [0.29, 0.717) is 26.1 Å². The summed E-state index contributed by atoms with van der Waals surface area (Å²) in [4.78, 5) is 21.7. The van der Waals surface area contributed by atoms with Gasteiger partial charge in [0.05, 0.1) is 13.2 Å². The molecule has 0 aromatic heterocycles. The number of ether oxygens (including phenoxy) is 2. The largest absolute Gasteiger partial charge is 0.463 e. The van der Waals surface area contributed by atoms with Crippen LogP contribution in [-0.4, -0.2) is 25.2 Å². The number of esters is 2. The molecule has 0 fully saturated rings. The van der Waals surface area contributed by atoms with Gasteiger partial charge in [-0.05, 0) is 25.2 Å². The summed E-state index contributed by atoms with van der Waals surface area (Å²) in [6.45, 7) is 11.0. The molecule has 0 spiro atoms. The Bertz CT molecular complexity index is 258. The van der Waals surface area contributed by atoms with Crippen molar-refractivity contribution in [2.45, 2.75) is 25.7 Å². The molecule has 0 aromatic carbocycles. The monoisotopic (exact) mass is 252 g/mol. The van der Waals surface area contributed by atoms with Gasteiger partial charge in [0.2, 0.25) is 0 Å². The second kappa shape index (κ2) is 10.6. The standard InChI is InChI=1S/C14H20O4/c1-4-7-12(8-10-17-13(15)5-2)9-11-18-14(16)6-3/h5-6H,1-4,7-11H2. The van der Waals surface area contributed by atoms with E-state index in [1.807, 2.05) is 0 Å². The van der Waals surface area contributed by atoms with Crippen LogP contribution in [0, 0.1) is 12.8 Å². The SMILES string of the molecule is [CH2]CC[C](CCOC(=O)C=C)CCOC(=O)C=C. The first-order chi connectivity index (χ1) is 8.63. The van der Waals surface area contributed by atoms with Gasteiger partial charge in [-0.1, -0.05) is 26.5 Å². The van der Waals surface area contributed by atoms with Crippen molar-refractivity contribution in [1.29, 1.82) is 0 Å². The van der Waals surface area contributed by atoms with Crippen LogP contribution in [0.5, 0.6) is 0 Å². The molecule has 0 amide bonds. The van der Waals surface area contributed by atoms with E-state index in [1.165, 1.54) is 5.92 Å². The molecule has 0 aliphatic carbocycles. The minimum absolute atomic E-state index is 0.315. The molecule has 4 heteroatoms. The Balaban J connectivity index is 3.83. The van der Waals surface area contributed by atoms with Crippen LogP contribution in [0.1, 0.15) is 25.7 Å². The molecule has 0 aliphatic heterocycles. The summed E-state index contributed by atoms with van der Waals surface area (Å²) in [6, 6.07) is 0. The fourth-order valence-electron chi connectivity index (χ4n) is 1.33. The molecule has 2 radical (unpaired) electrons. The zero-order valence-corrected chi connectivity index (χ0v) is 10.7. The Labute approximate surface area is 109 Å². The highest BCUT2D eigenvalue weighted by Crippen LogP contribution is 2.18. The van der Waals surface area contributed by atoms with Crippen molar-refractivity contribution in [2.24, 2.45) is 0 Å². The lowest BCUT2D eigenvalue weighted by molar-refractivity contribution is -0.138. The third-order valence-corrected chi connectivity index (χ3v) is 2.26. The minimum atomic E-state index is -0.429.